The van der Waals surface area contributed by atoms with Crippen molar-refractivity contribution >= 4 is 18.9 Å². The molecule has 0 amide bonds. The summed E-state index contributed by atoms with van der Waals surface area (Å²) in [6.45, 7) is 0.573. The predicted molar refractivity (Wildman–Crippen MR) is 103 cm³/mol. The quantitative estimate of drug-likeness (QED) is 0.510. The number of benzene rings is 1. The molecular formula is C19H22BN3O5. The number of ketones is 1. The number of pyridine rings is 1. The van der Waals surface area contributed by atoms with Gasteiger partial charge < -0.3 is 26.3 Å². The van der Waals surface area contributed by atoms with Crippen LogP contribution in [0.3, 0.4) is 0 Å². The van der Waals surface area contributed by atoms with Crippen LogP contribution in [0.5, 0.6) is 5.75 Å². The van der Waals surface area contributed by atoms with Crippen LogP contribution in [-0.2, 0) is 30.7 Å². The van der Waals surface area contributed by atoms with Crippen molar-refractivity contribution in [2.24, 2.45) is 11.5 Å². The Labute approximate surface area is 162 Å². The van der Waals surface area contributed by atoms with Gasteiger partial charge in [0.1, 0.15) is 11.5 Å². The molecule has 1 aliphatic heterocycles. The van der Waals surface area contributed by atoms with Gasteiger partial charge in [-0.25, -0.2) is 4.79 Å². The summed E-state index contributed by atoms with van der Waals surface area (Å²) in [6.07, 6.45) is 2.24. The van der Waals surface area contributed by atoms with E-state index in [1.54, 1.807) is 18.3 Å². The molecule has 2 aromatic rings. The monoisotopic (exact) mass is 383 g/mol. The number of Topliss-reactive ketones (excluding diaryl/α,β-unsaturated/α-hetero) is 1. The number of hydrogen-bond donors (Lipinski definition) is 4. The molecule has 8 nitrogen and oxygen atoms in total. The average Bonchev–Trinajstić information content (AvgIpc) is 2.67. The number of carboxylic acids is 1. The summed E-state index contributed by atoms with van der Waals surface area (Å²) < 4.78 is 5.43. The van der Waals surface area contributed by atoms with Crippen molar-refractivity contribution in [3.8, 4) is 5.75 Å². The van der Waals surface area contributed by atoms with Crippen molar-refractivity contribution < 1.29 is 24.4 Å². The number of rotatable bonds is 7. The van der Waals surface area contributed by atoms with Gasteiger partial charge >= 0.3 is 13.1 Å². The highest BCUT2D eigenvalue weighted by Crippen LogP contribution is 2.36. The van der Waals surface area contributed by atoms with Gasteiger partial charge in [-0.3, -0.25) is 9.78 Å². The Kier molecular flexibility index (Phi) is 6.08. The SMILES string of the molecule is NCc1cc(CC(=O)C[C@H]2Cc3cccc(C(=O)O)c3OB2O)cnc1CN. The van der Waals surface area contributed by atoms with E-state index in [2.05, 4.69) is 4.98 Å². The van der Waals surface area contributed by atoms with Gasteiger partial charge in [-0.1, -0.05) is 18.2 Å². The Morgan fingerprint density at radius 2 is 2.07 bits per heavy atom. The third-order valence-corrected chi connectivity index (χ3v) is 4.87. The Morgan fingerprint density at radius 3 is 2.75 bits per heavy atom. The second-order valence-corrected chi connectivity index (χ2v) is 6.85. The minimum absolute atomic E-state index is 0.00158. The van der Waals surface area contributed by atoms with Gasteiger partial charge in [0.25, 0.3) is 0 Å². The van der Waals surface area contributed by atoms with Gasteiger partial charge in [0, 0.05) is 37.9 Å². The number of nitrogens with two attached hydrogens (primary N) is 2. The van der Waals surface area contributed by atoms with Crippen LogP contribution in [-0.4, -0.2) is 34.0 Å². The van der Waals surface area contributed by atoms with Gasteiger partial charge in [-0.05, 0) is 29.2 Å². The Bertz CT molecular complexity index is 905. The normalized spacial score (nSPS) is 15.7. The summed E-state index contributed by atoms with van der Waals surface area (Å²) in [5.41, 5.74) is 14.2. The maximum Gasteiger partial charge on any atom is 0.526 e. The summed E-state index contributed by atoms with van der Waals surface area (Å²) in [5.74, 6) is -1.48. The number of para-hydroxylation sites is 1. The van der Waals surface area contributed by atoms with E-state index in [4.69, 9.17) is 16.1 Å². The zero-order valence-electron chi connectivity index (χ0n) is 15.3. The fourth-order valence-corrected chi connectivity index (χ4v) is 3.46. The molecule has 0 aliphatic carbocycles. The highest BCUT2D eigenvalue weighted by atomic mass is 16.5. The number of fused-ring (bicyclic) bond motifs is 1. The predicted octanol–water partition coefficient (Wildman–Crippen LogP) is 0.685. The van der Waals surface area contributed by atoms with Crippen LogP contribution >= 0.6 is 0 Å². The van der Waals surface area contributed by atoms with Crippen molar-refractivity contribution in [1.82, 2.24) is 4.98 Å². The van der Waals surface area contributed by atoms with E-state index in [9.17, 15) is 19.7 Å². The molecule has 146 valence electrons. The summed E-state index contributed by atoms with van der Waals surface area (Å²) >= 11 is 0. The molecule has 1 aromatic heterocycles. The Balaban J connectivity index is 1.70. The molecule has 0 saturated carbocycles. The molecule has 1 aromatic carbocycles. The number of aromatic carboxylic acids is 1. The van der Waals surface area contributed by atoms with Crippen molar-refractivity contribution in [3.05, 3.63) is 58.4 Å². The summed E-state index contributed by atoms with van der Waals surface area (Å²) in [4.78, 5) is 28.1. The zero-order valence-corrected chi connectivity index (χ0v) is 15.3. The largest absolute Gasteiger partial charge is 0.535 e. The van der Waals surface area contributed by atoms with Gasteiger partial charge in [-0.15, -0.1) is 0 Å². The number of carboxylic acid groups (broad SMARTS) is 1. The number of nitrogens with zero attached hydrogens (tertiary/aromatic N) is 1. The Morgan fingerprint density at radius 1 is 1.29 bits per heavy atom. The van der Waals surface area contributed by atoms with Crippen LogP contribution in [0.2, 0.25) is 5.82 Å². The van der Waals surface area contributed by atoms with E-state index >= 15 is 0 Å². The third kappa shape index (κ3) is 4.22. The van der Waals surface area contributed by atoms with Crippen LogP contribution in [0.4, 0.5) is 0 Å². The van der Waals surface area contributed by atoms with E-state index in [1.165, 1.54) is 6.07 Å². The van der Waals surface area contributed by atoms with Gasteiger partial charge in [0.15, 0.2) is 0 Å². The maximum atomic E-state index is 12.5. The van der Waals surface area contributed by atoms with E-state index in [-0.39, 0.29) is 36.5 Å². The van der Waals surface area contributed by atoms with Crippen molar-refractivity contribution in [2.45, 2.75) is 38.2 Å². The molecule has 6 N–H and O–H groups in total. The fourth-order valence-electron chi connectivity index (χ4n) is 3.46. The highest BCUT2D eigenvalue weighted by Gasteiger charge is 2.37. The lowest BCUT2D eigenvalue weighted by molar-refractivity contribution is -0.118. The average molecular weight is 383 g/mol. The van der Waals surface area contributed by atoms with Gasteiger partial charge in [0.05, 0.1) is 11.3 Å². The molecule has 9 heteroatoms. The van der Waals surface area contributed by atoms with Gasteiger partial charge in [0.2, 0.25) is 0 Å². The van der Waals surface area contributed by atoms with Gasteiger partial charge in [-0.2, -0.15) is 0 Å². The fraction of sp³-hybridized carbons (Fsp3) is 0.316. The maximum absolute atomic E-state index is 12.5. The number of aromatic nitrogens is 1. The molecule has 2 heterocycles. The van der Waals surface area contributed by atoms with Crippen molar-refractivity contribution in [3.63, 3.8) is 0 Å². The topological polar surface area (TPSA) is 149 Å². The number of carbonyl (C=O) groups excluding carboxylic acids is 1. The third-order valence-electron chi connectivity index (χ3n) is 4.87. The number of hydrogen-bond acceptors (Lipinski definition) is 7. The first-order valence-corrected chi connectivity index (χ1v) is 9.01. The lowest BCUT2D eigenvalue weighted by Gasteiger charge is -2.28. The van der Waals surface area contributed by atoms with Crippen molar-refractivity contribution in [2.75, 3.05) is 0 Å². The van der Waals surface area contributed by atoms with Crippen LogP contribution in [0, 0.1) is 0 Å². The summed E-state index contributed by atoms with van der Waals surface area (Å²) in [5, 5.41) is 19.5. The lowest BCUT2D eigenvalue weighted by atomic mass is 9.64. The number of carbonyl (C=O) groups is 2. The van der Waals surface area contributed by atoms with E-state index < -0.39 is 18.9 Å². The molecule has 0 radical (unpaired) electrons. The second kappa shape index (κ2) is 8.51. The molecule has 3 rings (SSSR count). The smallest absolute Gasteiger partial charge is 0.526 e. The van der Waals surface area contributed by atoms with Crippen molar-refractivity contribution in [1.29, 1.82) is 0 Å². The first-order chi connectivity index (χ1) is 13.4. The van der Waals surface area contributed by atoms with Crippen LogP contribution < -0.4 is 16.1 Å². The minimum Gasteiger partial charge on any atom is -0.535 e. The first kappa shape index (κ1) is 20.0. The Hall–Kier alpha value is -2.75. The molecule has 28 heavy (non-hydrogen) atoms. The van der Waals surface area contributed by atoms with E-state index in [1.807, 2.05) is 6.07 Å². The minimum atomic E-state index is -1.24. The molecule has 1 atom stereocenters. The standard InChI is InChI=1S/C19H22BN3O5/c21-8-13-4-11(10-23-17(13)9-22)5-15(24)7-14-6-12-2-1-3-16(19(25)26)18(12)28-20(14)27/h1-4,10,14,27H,5-9,21-22H2,(H,25,26)/t14-/m1/s1. The highest BCUT2D eigenvalue weighted by molar-refractivity contribution is 6.47. The molecule has 0 fully saturated rings. The second-order valence-electron chi connectivity index (χ2n) is 6.85. The van der Waals surface area contributed by atoms with E-state index in [0.717, 1.165) is 11.1 Å². The summed E-state index contributed by atoms with van der Waals surface area (Å²) in [6, 6.07) is 6.62. The zero-order chi connectivity index (χ0) is 20.3. The first-order valence-electron chi connectivity index (χ1n) is 9.01. The van der Waals surface area contributed by atoms with Crippen LogP contribution in [0.15, 0.2) is 30.5 Å². The molecule has 0 bridgehead atoms. The molecule has 0 saturated heterocycles. The van der Waals surface area contributed by atoms with Crippen LogP contribution in [0.25, 0.3) is 0 Å². The van der Waals surface area contributed by atoms with E-state index in [0.29, 0.717) is 24.2 Å². The molecule has 0 spiro atoms. The molecular weight excluding hydrogens is 361 g/mol. The summed E-state index contributed by atoms with van der Waals surface area (Å²) in [7, 11) is -1.24. The molecule has 1 aliphatic rings. The van der Waals surface area contributed by atoms with Crippen LogP contribution in [0.1, 0.15) is 39.2 Å². The lowest BCUT2D eigenvalue weighted by Crippen LogP contribution is -2.36. The molecule has 0 unspecified atom stereocenters.